The molecular weight excluding hydrogens is 216 g/mol. The Balaban J connectivity index is 2.28. The number of benzene rings is 1. The summed E-state index contributed by atoms with van der Waals surface area (Å²) in [4.78, 5) is 15.0. The van der Waals surface area contributed by atoms with Gasteiger partial charge in [-0.2, -0.15) is 0 Å². The molecule has 0 aliphatic carbocycles. The van der Waals surface area contributed by atoms with E-state index < -0.39 is 5.97 Å². The van der Waals surface area contributed by atoms with Crippen molar-refractivity contribution in [3.63, 3.8) is 0 Å². The van der Waals surface area contributed by atoms with Gasteiger partial charge in [0.25, 0.3) is 0 Å². The van der Waals surface area contributed by atoms with Crippen LogP contribution >= 0.6 is 0 Å². The van der Waals surface area contributed by atoms with E-state index in [0.29, 0.717) is 6.42 Å². The zero-order chi connectivity index (χ0) is 12.4. The lowest BCUT2D eigenvalue weighted by Gasteiger charge is -2.01. The molecule has 0 radical (unpaired) electrons. The molecule has 0 spiro atoms. The summed E-state index contributed by atoms with van der Waals surface area (Å²) in [5, 5.41) is 8.63. The van der Waals surface area contributed by atoms with Crippen molar-refractivity contribution in [2.45, 2.75) is 26.2 Å². The first-order valence-corrected chi connectivity index (χ1v) is 5.72. The minimum absolute atomic E-state index is 0.211. The zero-order valence-electron chi connectivity index (χ0n) is 10.1. The quantitative estimate of drug-likeness (QED) is 0.879. The number of imidazole rings is 1. The second-order valence-electron chi connectivity index (χ2n) is 4.25. The third kappa shape index (κ3) is 2.30. The van der Waals surface area contributed by atoms with E-state index in [9.17, 15) is 4.79 Å². The number of aryl methyl sites for hydroxylation is 3. The summed E-state index contributed by atoms with van der Waals surface area (Å²) in [6, 6.07) is 6.06. The van der Waals surface area contributed by atoms with E-state index in [2.05, 4.69) is 9.55 Å². The predicted octanol–water partition coefficient (Wildman–Crippen LogP) is 2.29. The highest BCUT2D eigenvalue weighted by Crippen LogP contribution is 2.20. The molecule has 2 rings (SSSR count). The van der Waals surface area contributed by atoms with E-state index >= 15 is 0 Å². The molecule has 1 aromatic carbocycles. The topological polar surface area (TPSA) is 55.1 Å². The summed E-state index contributed by atoms with van der Waals surface area (Å²) < 4.78 is 2.05. The Labute approximate surface area is 99.9 Å². The van der Waals surface area contributed by atoms with Crippen LogP contribution < -0.4 is 0 Å². The highest BCUT2D eigenvalue weighted by molar-refractivity contribution is 5.79. The van der Waals surface area contributed by atoms with Gasteiger partial charge < -0.3 is 9.67 Å². The number of hydrogen-bond donors (Lipinski definition) is 1. The second kappa shape index (κ2) is 4.57. The van der Waals surface area contributed by atoms with Gasteiger partial charge in [0, 0.05) is 13.5 Å². The predicted molar refractivity (Wildman–Crippen MR) is 66.0 cm³/mol. The third-order valence-electron chi connectivity index (χ3n) is 3.06. The van der Waals surface area contributed by atoms with E-state index in [1.807, 2.05) is 32.2 Å². The van der Waals surface area contributed by atoms with Gasteiger partial charge in [-0.3, -0.25) is 4.79 Å². The summed E-state index contributed by atoms with van der Waals surface area (Å²) >= 11 is 0. The van der Waals surface area contributed by atoms with Crippen LogP contribution in [-0.4, -0.2) is 20.6 Å². The molecule has 1 aromatic heterocycles. The maximum absolute atomic E-state index is 10.5. The van der Waals surface area contributed by atoms with Crippen molar-refractivity contribution in [1.29, 1.82) is 0 Å². The lowest BCUT2D eigenvalue weighted by atomic mass is 10.1. The molecule has 1 N–H and O–H groups in total. The van der Waals surface area contributed by atoms with Crippen molar-refractivity contribution >= 4 is 17.0 Å². The van der Waals surface area contributed by atoms with E-state index in [1.165, 1.54) is 0 Å². The molecule has 4 heteroatoms. The van der Waals surface area contributed by atoms with Gasteiger partial charge in [-0.1, -0.05) is 12.1 Å². The fourth-order valence-electron chi connectivity index (χ4n) is 2.02. The molecule has 0 saturated carbocycles. The molecule has 1 heterocycles. The summed E-state index contributed by atoms with van der Waals surface area (Å²) in [6.07, 6.45) is 1.63. The highest BCUT2D eigenvalue weighted by atomic mass is 16.4. The number of para-hydroxylation sites is 1. The van der Waals surface area contributed by atoms with Crippen LogP contribution in [0.1, 0.15) is 24.2 Å². The van der Waals surface area contributed by atoms with E-state index in [-0.39, 0.29) is 6.42 Å². The van der Waals surface area contributed by atoms with Gasteiger partial charge in [-0.05, 0) is 31.4 Å². The molecule has 0 atom stereocenters. The average molecular weight is 232 g/mol. The zero-order valence-corrected chi connectivity index (χ0v) is 10.1. The smallest absolute Gasteiger partial charge is 0.303 e. The molecule has 0 amide bonds. The minimum atomic E-state index is -0.741. The highest BCUT2D eigenvalue weighted by Gasteiger charge is 2.08. The van der Waals surface area contributed by atoms with Crippen molar-refractivity contribution in [2.24, 2.45) is 7.05 Å². The number of carboxylic acid groups (broad SMARTS) is 1. The number of rotatable bonds is 4. The van der Waals surface area contributed by atoms with Crippen LogP contribution in [0.25, 0.3) is 11.0 Å². The number of aromatic nitrogens is 2. The first kappa shape index (κ1) is 11.6. The number of hydrogen-bond acceptors (Lipinski definition) is 2. The summed E-state index contributed by atoms with van der Waals surface area (Å²) in [7, 11) is 1.99. The fraction of sp³-hybridized carbons (Fsp3) is 0.385. The maximum Gasteiger partial charge on any atom is 0.303 e. The van der Waals surface area contributed by atoms with E-state index in [4.69, 9.17) is 5.11 Å². The normalized spacial score (nSPS) is 10.9. The van der Waals surface area contributed by atoms with Crippen molar-refractivity contribution in [3.05, 3.63) is 29.6 Å². The molecule has 0 bridgehead atoms. The van der Waals surface area contributed by atoms with Crippen molar-refractivity contribution in [3.8, 4) is 0 Å². The van der Waals surface area contributed by atoms with Gasteiger partial charge in [-0.25, -0.2) is 4.98 Å². The van der Waals surface area contributed by atoms with Crippen LogP contribution in [0.4, 0.5) is 0 Å². The largest absolute Gasteiger partial charge is 0.481 e. The van der Waals surface area contributed by atoms with Crippen LogP contribution in [0.2, 0.25) is 0 Å². The van der Waals surface area contributed by atoms with Crippen LogP contribution in [0.5, 0.6) is 0 Å². The van der Waals surface area contributed by atoms with Crippen molar-refractivity contribution < 1.29 is 9.90 Å². The molecule has 0 fully saturated rings. The number of carbonyl (C=O) groups is 1. The average Bonchev–Trinajstić information content (AvgIpc) is 2.56. The van der Waals surface area contributed by atoms with Gasteiger partial charge >= 0.3 is 5.97 Å². The molecule has 0 unspecified atom stereocenters. The molecule has 90 valence electrons. The lowest BCUT2D eigenvalue weighted by molar-refractivity contribution is -0.137. The van der Waals surface area contributed by atoms with Gasteiger partial charge in [-0.15, -0.1) is 0 Å². The minimum Gasteiger partial charge on any atom is -0.481 e. The molecule has 4 nitrogen and oxygen atoms in total. The van der Waals surface area contributed by atoms with E-state index in [1.54, 1.807) is 0 Å². The van der Waals surface area contributed by atoms with Crippen molar-refractivity contribution in [1.82, 2.24) is 9.55 Å². The third-order valence-corrected chi connectivity index (χ3v) is 3.06. The molecule has 17 heavy (non-hydrogen) atoms. The van der Waals surface area contributed by atoms with E-state index in [0.717, 1.165) is 28.8 Å². The Bertz CT molecular complexity index is 558. The Morgan fingerprint density at radius 1 is 1.47 bits per heavy atom. The molecule has 2 aromatic rings. The Hall–Kier alpha value is -1.84. The Kier molecular flexibility index (Phi) is 3.13. The number of fused-ring (bicyclic) bond motifs is 1. The second-order valence-corrected chi connectivity index (χ2v) is 4.25. The number of carboxylic acids is 1. The van der Waals surface area contributed by atoms with Gasteiger partial charge in [0.05, 0.1) is 11.0 Å². The number of nitrogens with zero attached hydrogens (tertiary/aromatic N) is 2. The van der Waals surface area contributed by atoms with Crippen LogP contribution in [0.15, 0.2) is 18.2 Å². The lowest BCUT2D eigenvalue weighted by Crippen LogP contribution is -1.96. The first-order valence-electron chi connectivity index (χ1n) is 5.72. The van der Waals surface area contributed by atoms with Gasteiger partial charge in [0.2, 0.25) is 0 Å². The van der Waals surface area contributed by atoms with Crippen LogP contribution in [0.3, 0.4) is 0 Å². The number of aliphatic carboxylic acids is 1. The summed E-state index contributed by atoms with van der Waals surface area (Å²) in [5.74, 6) is 0.236. The monoisotopic (exact) mass is 232 g/mol. The van der Waals surface area contributed by atoms with Crippen LogP contribution in [0, 0.1) is 6.92 Å². The molecule has 0 saturated heterocycles. The molecule has 0 aliphatic rings. The SMILES string of the molecule is Cc1nc2c(CCCC(=O)O)cccc2n1C. The summed E-state index contributed by atoms with van der Waals surface area (Å²) in [5.41, 5.74) is 3.24. The van der Waals surface area contributed by atoms with Crippen molar-refractivity contribution in [2.75, 3.05) is 0 Å². The fourth-order valence-corrected chi connectivity index (χ4v) is 2.02. The molecule has 0 aliphatic heterocycles. The maximum atomic E-state index is 10.5. The van der Waals surface area contributed by atoms with Gasteiger partial charge in [0.1, 0.15) is 5.82 Å². The summed E-state index contributed by atoms with van der Waals surface area (Å²) in [6.45, 7) is 1.97. The van der Waals surface area contributed by atoms with Crippen LogP contribution in [-0.2, 0) is 18.3 Å². The Morgan fingerprint density at radius 2 is 2.24 bits per heavy atom. The first-order chi connectivity index (χ1) is 8.09. The standard InChI is InChI=1S/C13H16N2O2/c1-9-14-13-10(6-4-8-12(16)17)5-3-7-11(13)15(9)2/h3,5,7H,4,6,8H2,1-2H3,(H,16,17). The molecular formula is C13H16N2O2. The van der Waals surface area contributed by atoms with Gasteiger partial charge in [0.15, 0.2) is 0 Å². The Morgan fingerprint density at radius 3 is 2.94 bits per heavy atom.